The van der Waals surface area contributed by atoms with Crippen LogP contribution < -0.4 is 0 Å². The monoisotopic (exact) mass is 262 g/mol. The van der Waals surface area contributed by atoms with Crippen LogP contribution in [0.2, 0.25) is 0 Å². The zero-order valence-corrected chi connectivity index (χ0v) is 10.9. The van der Waals surface area contributed by atoms with Crippen LogP contribution in [-0.2, 0) is 9.53 Å². The molecule has 4 nitrogen and oxygen atoms in total. The molecule has 0 unspecified atom stereocenters. The van der Waals surface area contributed by atoms with Crippen molar-refractivity contribution in [1.82, 2.24) is 0 Å². The van der Waals surface area contributed by atoms with Gasteiger partial charge in [0, 0.05) is 17.9 Å². The molecule has 102 valence electrons. The molecular weight excluding hydrogens is 244 g/mol. The second kappa shape index (κ2) is 3.97. The number of ether oxygens (including phenoxy) is 1. The minimum atomic E-state index is -0.683. The number of aliphatic hydroxyl groups is 2. The molecule has 0 bridgehead atoms. The van der Waals surface area contributed by atoms with E-state index in [-0.39, 0.29) is 17.8 Å². The summed E-state index contributed by atoms with van der Waals surface area (Å²) in [5.74, 6) is -0.499. The Morgan fingerprint density at radius 2 is 1.95 bits per heavy atom. The molecule has 0 aromatic carbocycles. The average molecular weight is 262 g/mol. The van der Waals surface area contributed by atoms with Crippen LogP contribution in [0.5, 0.6) is 0 Å². The minimum absolute atomic E-state index is 0.0448. The van der Waals surface area contributed by atoms with Crippen LogP contribution in [0.4, 0.5) is 0 Å². The lowest BCUT2D eigenvalue weighted by atomic mass is 9.80. The molecule has 0 radical (unpaired) electrons. The number of hydrogen-bond acceptors (Lipinski definition) is 4. The third kappa shape index (κ3) is 1.59. The lowest BCUT2D eigenvalue weighted by Gasteiger charge is -2.27. The normalized spacial score (nSPS) is 42.0. The smallest absolute Gasteiger partial charge is 0.334 e. The summed E-state index contributed by atoms with van der Waals surface area (Å²) in [4.78, 5) is 11.7. The van der Waals surface area contributed by atoms with E-state index in [1.54, 1.807) is 0 Å². The molecule has 0 amide bonds. The molecule has 4 heteroatoms. The van der Waals surface area contributed by atoms with Gasteiger partial charge in [-0.25, -0.2) is 4.79 Å². The number of rotatable bonds is 0. The van der Waals surface area contributed by atoms with E-state index in [0.29, 0.717) is 24.2 Å². The maximum Gasteiger partial charge on any atom is 0.334 e. The van der Waals surface area contributed by atoms with Gasteiger partial charge < -0.3 is 14.9 Å². The minimum Gasteiger partial charge on any atom is -0.512 e. The molecule has 1 heterocycles. The first-order valence-electron chi connectivity index (χ1n) is 6.56. The molecular formula is C15H18O4. The molecule has 1 saturated heterocycles. The number of aliphatic hydroxyl groups excluding tert-OH is 2. The summed E-state index contributed by atoms with van der Waals surface area (Å²) in [7, 11) is 0. The van der Waals surface area contributed by atoms with Crippen molar-refractivity contribution in [1.29, 1.82) is 0 Å². The Labute approximate surface area is 112 Å². The van der Waals surface area contributed by atoms with Crippen LogP contribution >= 0.6 is 0 Å². The zero-order valence-electron chi connectivity index (χ0n) is 10.9. The molecule has 1 saturated carbocycles. The second-order valence-electron chi connectivity index (χ2n) is 5.82. The summed E-state index contributed by atoms with van der Waals surface area (Å²) in [6, 6.07) is 0. The van der Waals surface area contributed by atoms with Gasteiger partial charge in [-0.05, 0) is 24.8 Å². The maximum atomic E-state index is 11.7. The molecule has 2 fully saturated rings. The summed E-state index contributed by atoms with van der Waals surface area (Å²) in [5, 5.41) is 20.3. The fourth-order valence-electron chi connectivity index (χ4n) is 3.77. The van der Waals surface area contributed by atoms with Gasteiger partial charge in [-0.2, -0.15) is 0 Å². The van der Waals surface area contributed by atoms with E-state index in [9.17, 15) is 15.0 Å². The third-order valence-corrected chi connectivity index (χ3v) is 4.83. The molecule has 19 heavy (non-hydrogen) atoms. The fraction of sp³-hybridized carbons (Fsp3) is 0.533. The van der Waals surface area contributed by atoms with Crippen molar-refractivity contribution in [3.8, 4) is 0 Å². The van der Waals surface area contributed by atoms with Crippen molar-refractivity contribution in [2.75, 3.05) is 0 Å². The molecule has 5 atom stereocenters. The Morgan fingerprint density at radius 3 is 2.63 bits per heavy atom. The van der Waals surface area contributed by atoms with Crippen molar-refractivity contribution >= 4 is 5.97 Å². The largest absolute Gasteiger partial charge is 0.512 e. The van der Waals surface area contributed by atoms with Gasteiger partial charge in [-0.3, -0.25) is 0 Å². The Bertz CT molecular complexity index is 516. The lowest BCUT2D eigenvalue weighted by molar-refractivity contribution is -0.141. The SMILES string of the molecule is C=C1C(=O)O[C@@H]2[C@@H]1[C@H](O)CC(=C)[C@@H]1CC(O)=C(C)[C@H]21. The summed E-state index contributed by atoms with van der Waals surface area (Å²) in [6.45, 7) is 9.65. The van der Waals surface area contributed by atoms with Gasteiger partial charge in [-0.15, -0.1) is 0 Å². The Morgan fingerprint density at radius 1 is 1.26 bits per heavy atom. The number of esters is 1. The van der Waals surface area contributed by atoms with Crippen molar-refractivity contribution in [3.63, 3.8) is 0 Å². The van der Waals surface area contributed by atoms with Gasteiger partial charge in [0.2, 0.25) is 0 Å². The van der Waals surface area contributed by atoms with E-state index in [1.807, 2.05) is 6.92 Å². The highest BCUT2D eigenvalue weighted by molar-refractivity contribution is 5.91. The second-order valence-corrected chi connectivity index (χ2v) is 5.82. The summed E-state index contributed by atoms with van der Waals surface area (Å²) >= 11 is 0. The number of fused-ring (bicyclic) bond motifs is 3. The van der Waals surface area contributed by atoms with Crippen molar-refractivity contribution in [2.24, 2.45) is 17.8 Å². The first kappa shape index (κ1) is 12.5. The van der Waals surface area contributed by atoms with Crippen LogP contribution in [-0.4, -0.2) is 28.4 Å². The maximum absolute atomic E-state index is 11.7. The molecule has 2 N–H and O–H groups in total. The van der Waals surface area contributed by atoms with Crippen LogP contribution in [0.25, 0.3) is 0 Å². The molecule has 0 spiro atoms. The van der Waals surface area contributed by atoms with E-state index < -0.39 is 18.2 Å². The van der Waals surface area contributed by atoms with E-state index in [0.717, 1.165) is 11.1 Å². The predicted octanol–water partition coefficient (Wildman–Crippen LogP) is 1.87. The standard InChI is InChI=1S/C15H18O4/c1-6-4-11(17)13-8(3)15(18)19-14(13)12-7(2)10(16)5-9(6)12/h9,11-14,16-17H,1,3-5H2,2H3/t9-,11+,12-,13-,14-/m0/s1. The van der Waals surface area contributed by atoms with Gasteiger partial charge in [0.1, 0.15) is 6.10 Å². The molecule has 3 rings (SSSR count). The molecule has 1 aliphatic heterocycles. The number of allylic oxidation sites excluding steroid dienone is 1. The Balaban J connectivity index is 2.07. The Hall–Kier alpha value is -1.55. The third-order valence-electron chi connectivity index (χ3n) is 4.83. The van der Waals surface area contributed by atoms with Crippen LogP contribution in [0, 0.1) is 17.8 Å². The fourth-order valence-corrected chi connectivity index (χ4v) is 3.77. The summed E-state index contributed by atoms with van der Waals surface area (Å²) < 4.78 is 5.42. The first-order valence-corrected chi connectivity index (χ1v) is 6.56. The topological polar surface area (TPSA) is 66.8 Å². The van der Waals surface area contributed by atoms with Crippen molar-refractivity contribution in [2.45, 2.75) is 32.0 Å². The van der Waals surface area contributed by atoms with Crippen LogP contribution in [0.3, 0.4) is 0 Å². The number of hydrogen-bond donors (Lipinski definition) is 2. The molecule has 3 aliphatic rings. The first-order chi connectivity index (χ1) is 8.91. The van der Waals surface area contributed by atoms with Gasteiger partial charge in [0.15, 0.2) is 0 Å². The number of carbonyl (C=O) groups is 1. The van der Waals surface area contributed by atoms with E-state index in [1.165, 1.54) is 0 Å². The quantitative estimate of drug-likeness (QED) is 0.397. The predicted molar refractivity (Wildman–Crippen MR) is 69.2 cm³/mol. The Kier molecular flexibility index (Phi) is 2.61. The summed E-state index contributed by atoms with van der Waals surface area (Å²) in [5.41, 5.74) is 2.10. The molecule has 0 aromatic rings. The van der Waals surface area contributed by atoms with Crippen molar-refractivity contribution < 1.29 is 19.7 Å². The van der Waals surface area contributed by atoms with Crippen molar-refractivity contribution in [3.05, 3.63) is 35.6 Å². The van der Waals surface area contributed by atoms with Gasteiger partial charge in [0.25, 0.3) is 0 Å². The van der Waals surface area contributed by atoms with Crippen LogP contribution in [0.15, 0.2) is 35.6 Å². The molecule has 0 aromatic heterocycles. The van der Waals surface area contributed by atoms with E-state index >= 15 is 0 Å². The van der Waals surface area contributed by atoms with Gasteiger partial charge in [0.05, 0.1) is 17.8 Å². The van der Waals surface area contributed by atoms with Gasteiger partial charge in [-0.1, -0.05) is 18.7 Å². The molecule has 2 aliphatic carbocycles. The zero-order chi connectivity index (χ0) is 13.9. The lowest BCUT2D eigenvalue weighted by Crippen LogP contribution is -2.33. The highest BCUT2D eigenvalue weighted by Gasteiger charge is 2.54. The summed E-state index contributed by atoms with van der Waals surface area (Å²) in [6.07, 6.45) is -0.158. The highest BCUT2D eigenvalue weighted by atomic mass is 16.6. The van der Waals surface area contributed by atoms with E-state index in [2.05, 4.69) is 13.2 Å². The highest BCUT2D eigenvalue weighted by Crippen LogP contribution is 2.51. The van der Waals surface area contributed by atoms with Gasteiger partial charge >= 0.3 is 5.97 Å². The average Bonchev–Trinajstić information content (AvgIpc) is 2.75. The van der Waals surface area contributed by atoms with E-state index in [4.69, 9.17) is 4.74 Å². The van der Waals surface area contributed by atoms with Crippen LogP contribution in [0.1, 0.15) is 19.8 Å². The number of carbonyl (C=O) groups excluding carboxylic acids is 1.